The summed E-state index contributed by atoms with van der Waals surface area (Å²) in [5.41, 5.74) is 0.912. The molecule has 4 atom stereocenters. The van der Waals surface area contributed by atoms with Crippen LogP contribution in [-0.2, 0) is 4.74 Å². The van der Waals surface area contributed by atoms with Gasteiger partial charge in [-0.25, -0.2) is 0 Å². The minimum atomic E-state index is -0.394. The summed E-state index contributed by atoms with van der Waals surface area (Å²) in [5, 5.41) is 11.6. The van der Waals surface area contributed by atoms with Crippen molar-refractivity contribution in [3.8, 4) is 0 Å². The van der Waals surface area contributed by atoms with Crippen molar-refractivity contribution in [3.63, 3.8) is 0 Å². The van der Waals surface area contributed by atoms with Crippen LogP contribution in [0.3, 0.4) is 0 Å². The number of morpholine rings is 1. The molecular formula is C20H30N2O3. The van der Waals surface area contributed by atoms with Crippen LogP contribution in [-0.4, -0.2) is 66.4 Å². The van der Waals surface area contributed by atoms with Crippen molar-refractivity contribution in [1.82, 2.24) is 9.80 Å². The van der Waals surface area contributed by atoms with Gasteiger partial charge < -0.3 is 14.3 Å². The van der Waals surface area contributed by atoms with E-state index in [1.165, 1.54) is 0 Å². The van der Waals surface area contributed by atoms with Crippen molar-refractivity contribution in [2.45, 2.75) is 45.1 Å². The van der Waals surface area contributed by atoms with Crippen LogP contribution in [0.25, 0.3) is 11.0 Å². The van der Waals surface area contributed by atoms with Crippen LogP contribution < -0.4 is 0 Å². The maximum absolute atomic E-state index is 10.5. The van der Waals surface area contributed by atoms with Gasteiger partial charge in [-0.3, -0.25) is 9.80 Å². The second kappa shape index (κ2) is 7.87. The Hall–Kier alpha value is -1.40. The van der Waals surface area contributed by atoms with E-state index in [0.29, 0.717) is 13.1 Å². The molecule has 2 heterocycles. The minimum absolute atomic E-state index is 0.115. The first-order valence-electron chi connectivity index (χ1n) is 9.17. The maximum atomic E-state index is 10.5. The molecular weight excluding hydrogens is 316 g/mol. The Kier molecular flexibility index (Phi) is 5.79. The van der Waals surface area contributed by atoms with E-state index in [1.807, 2.05) is 25.2 Å². The van der Waals surface area contributed by atoms with Gasteiger partial charge in [-0.15, -0.1) is 0 Å². The van der Waals surface area contributed by atoms with Crippen LogP contribution in [0.1, 0.15) is 32.6 Å². The van der Waals surface area contributed by atoms with Crippen molar-refractivity contribution in [2.75, 3.05) is 33.2 Å². The number of ether oxygens (including phenoxy) is 1. The van der Waals surface area contributed by atoms with Gasteiger partial charge in [0, 0.05) is 31.6 Å². The Morgan fingerprint density at radius 3 is 2.60 bits per heavy atom. The molecule has 2 aromatic rings. The van der Waals surface area contributed by atoms with E-state index in [2.05, 4.69) is 42.7 Å². The van der Waals surface area contributed by atoms with Gasteiger partial charge in [0.2, 0.25) is 0 Å². The number of rotatable bonds is 6. The Labute approximate surface area is 150 Å². The third-order valence-electron chi connectivity index (χ3n) is 4.98. The van der Waals surface area contributed by atoms with Crippen LogP contribution in [0.4, 0.5) is 0 Å². The Balaban J connectivity index is 1.56. The number of β-amino-alcohol motifs (C(OH)–C–C–N with tert-alkyl or cyclic N) is 1. The van der Waals surface area contributed by atoms with Gasteiger partial charge in [0.25, 0.3) is 0 Å². The summed E-state index contributed by atoms with van der Waals surface area (Å²) in [6, 6.07) is 10.3. The average Bonchev–Trinajstić information content (AvgIpc) is 2.96. The van der Waals surface area contributed by atoms with Crippen molar-refractivity contribution < 1.29 is 14.3 Å². The van der Waals surface area contributed by atoms with Gasteiger partial charge in [0.1, 0.15) is 11.3 Å². The molecule has 0 radical (unpaired) electrons. The van der Waals surface area contributed by atoms with E-state index in [0.717, 1.165) is 29.8 Å². The monoisotopic (exact) mass is 346 g/mol. The lowest BCUT2D eigenvalue weighted by Gasteiger charge is -2.37. The number of aliphatic hydroxyl groups is 1. The largest absolute Gasteiger partial charge is 0.459 e. The summed E-state index contributed by atoms with van der Waals surface area (Å²) >= 11 is 0. The summed E-state index contributed by atoms with van der Waals surface area (Å²) in [7, 11) is 2.03. The molecule has 0 saturated carbocycles. The molecule has 1 fully saturated rings. The zero-order chi connectivity index (χ0) is 18.0. The fourth-order valence-corrected chi connectivity index (χ4v) is 3.71. The minimum Gasteiger partial charge on any atom is -0.459 e. The van der Waals surface area contributed by atoms with Crippen LogP contribution in [0.15, 0.2) is 34.7 Å². The van der Waals surface area contributed by atoms with Crippen LogP contribution in [0.2, 0.25) is 0 Å². The number of furan rings is 1. The zero-order valence-corrected chi connectivity index (χ0v) is 15.7. The summed E-state index contributed by atoms with van der Waals surface area (Å²) < 4.78 is 11.7. The van der Waals surface area contributed by atoms with Gasteiger partial charge >= 0.3 is 0 Å². The molecule has 3 rings (SSSR count). The first-order valence-corrected chi connectivity index (χ1v) is 9.17. The number of fused-ring (bicyclic) bond motifs is 1. The summed E-state index contributed by atoms with van der Waals surface area (Å²) in [4.78, 5) is 4.44. The number of hydrogen-bond donors (Lipinski definition) is 1. The molecule has 5 nitrogen and oxygen atoms in total. The molecule has 1 aromatic heterocycles. The first kappa shape index (κ1) is 18.4. The van der Waals surface area contributed by atoms with Crippen LogP contribution in [0.5, 0.6) is 0 Å². The molecule has 1 N–H and O–H groups in total. The van der Waals surface area contributed by atoms with E-state index in [4.69, 9.17) is 9.15 Å². The Bertz CT molecular complexity index is 643. The number of benzene rings is 1. The topological polar surface area (TPSA) is 49.1 Å². The summed E-state index contributed by atoms with van der Waals surface area (Å²) in [5.74, 6) is 0.935. The molecule has 0 bridgehead atoms. The highest BCUT2D eigenvalue weighted by Crippen LogP contribution is 2.26. The lowest BCUT2D eigenvalue weighted by atomic mass is 10.1. The lowest BCUT2D eigenvalue weighted by molar-refractivity contribution is -0.0781. The highest BCUT2D eigenvalue weighted by atomic mass is 16.5. The molecule has 1 aromatic carbocycles. The molecule has 138 valence electrons. The fourth-order valence-electron chi connectivity index (χ4n) is 3.71. The normalized spacial score (nSPS) is 24.7. The molecule has 1 aliphatic rings. The third-order valence-corrected chi connectivity index (χ3v) is 4.98. The fraction of sp³-hybridized carbons (Fsp3) is 0.600. The van der Waals surface area contributed by atoms with E-state index >= 15 is 0 Å². The van der Waals surface area contributed by atoms with E-state index in [9.17, 15) is 5.11 Å². The molecule has 0 aliphatic carbocycles. The molecule has 0 amide bonds. The number of para-hydroxylation sites is 1. The van der Waals surface area contributed by atoms with Gasteiger partial charge in [-0.2, -0.15) is 0 Å². The predicted molar refractivity (Wildman–Crippen MR) is 99.7 cm³/mol. The number of aliphatic hydroxyl groups excluding tert-OH is 1. The molecule has 0 spiro atoms. The van der Waals surface area contributed by atoms with Gasteiger partial charge in [0.05, 0.1) is 24.4 Å². The summed E-state index contributed by atoms with van der Waals surface area (Å²) in [6.07, 6.45) is 0.0561. The Morgan fingerprint density at radius 1 is 1.24 bits per heavy atom. The average molecular weight is 346 g/mol. The highest BCUT2D eigenvalue weighted by Gasteiger charge is 2.25. The van der Waals surface area contributed by atoms with Gasteiger partial charge in [0.15, 0.2) is 0 Å². The number of hydrogen-bond acceptors (Lipinski definition) is 5. The SMILES string of the molecule is CC1CN(CC(O)CN(C)C(C)c2cc3ccccc3o2)CC(C)O1. The molecule has 25 heavy (non-hydrogen) atoms. The summed E-state index contributed by atoms with van der Waals surface area (Å²) in [6.45, 7) is 9.33. The zero-order valence-electron chi connectivity index (χ0n) is 15.7. The maximum Gasteiger partial charge on any atom is 0.134 e. The van der Waals surface area contributed by atoms with Gasteiger partial charge in [-0.05, 0) is 40.0 Å². The van der Waals surface area contributed by atoms with Crippen molar-refractivity contribution >= 4 is 11.0 Å². The first-order chi connectivity index (χ1) is 11.9. The third kappa shape index (κ3) is 4.61. The smallest absolute Gasteiger partial charge is 0.134 e. The van der Waals surface area contributed by atoms with E-state index in [1.54, 1.807) is 0 Å². The Morgan fingerprint density at radius 2 is 1.92 bits per heavy atom. The molecule has 5 heteroatoms. The molecule has 4 unspecified atom stereocenters. The van der Waals surface area contributed by atoms with Crippen LogP contribution in [0, 0.1) is 0 Å². The quantitative estimate of drug-likeness (QED) is 0.871. The number of nitrogens with zero attached hydrogens (tertiary/aromatic N) is 2. The van der Waals surface area contributed by atoms with E-state index in [-0.39, 0.29) is 18.2 Å². The highest BCUT2D eigenvalue weighted by molar-refractivity contribution is 5.77. The standard InChI is InChI=1S/C20H30N2O3/c1-14-10-22(11-15(2)24-14)13-18(23)12-21(4)16(3)20-9-17-7-5-6-8-19(17)25-20/h5-9,14-16,18,23H,10-13H2,1-4H3. The van der Waals surface area contributed by atoms with Crippen molar-refractivity contribution in [3.05, 3.63) is 36.1 Å². The lowest BCUT2D eigenvalue weighted by Crippen LogP contribution is -2.49. The molecule has 1 aliphatic heterocycles. The van der Waals surface area contributed by atoms with Crippen molar-refractivity contribution in [2.24, 2.45) is 0 Å². The molecule has 1 saturated heterocycles. The van der Waals surface area contributed by atoms with Gasteiger partial charge in [-0.1, -0.05) is 18.2 Å². The number of likely N-dealkylation sites (N-methyl/N-ethyl adjacent to an activating group) is 1. The second-order valence-electron chi connectivity index (χ2n) is 7.43. The van der Waals surface area contributed by atoms with Crippen molar-refractivity contribution in [1.29, 1.82) is 0 Å². The van der Waals surface area contributed by atoms with E-state index < -0.39 is 6.10 Å². The predicted octanol–water partition coefficient (Wildman–Crippen LogP) is 2.90. The second-order valence-corrected chi connectivity index (χ2v) is 7.43. The van der Waals surface area contributed by atoms with Crippen LogP contribution >= 0.6 is 0 Å².